The van der Waals surface area contributed by atoms with Crippen LogP contribution in [0.5, 0.6) is 0 Å². The van der Waals surface area contributed by atoms with Crippen molar-refractivity contribution in [3.63, 3.8) is 0 Å². The normalized spacial score (nSPS) is 18.6. The van der Waals surface area contributed by atoms with Gasteiger partial charge in [-0.3, -0.25) is 9.79 Å². The Morgan fingerprint density at radius 1 is 1.27 bits per heavy atom. The molecule has 1 aliphatic carbocycles. The van der Waals surface area contributed by atoms with E-state index < -0.39 is 0 Å². The summed E-state index contributed by atoms with van der Waals surface area (Å²) < 4.78 is 0. The number of hydrogen-bond acceptors (Lipinski definition) is 5. The summed E-state index contributed by atoms with van der Waals surface area (Å²) in [5.74, 6) is -0.0565. The first-order valence-electron chi connectivity index (χ1n) is 11.2. The van der Waals surface area contributed by atoms with Gasteiger partial charge in [-0.15, -0.1) is 11.3 Å². The van der Waals surface area contributed by atoms with Gasteiger partial charge in [-0.05, 0) is 73.2 Å². The summed E-state index contributed by atoms with van der Waals surface area (Å²) in [6.07, 6.45) is 5.72. The maximum Gasteiger partial charge on any atom is 0.253 e. The number of nitrogens with zero attached hydrogens (tertiary/aromatic N) is 2. The molecule has 2 aromatic rings. The third kappa shape index (κ3) is 4.85. The zero-order valence-electron chi connectivity index (χ0n) is 18.6. The molecule has 1 aliphatic heterocycles. The average molecular weight is 485 g/mol. The number of rotatable bonds is 7. The van der Waals surface area contributed by atoms with Crippen LogP contribution in [0.3, 0.4) is 0 Å². The van der Waals surface area contributed by atoms with E-state index in [9.17, 15) is 15.0 Å². The van der Waals surface area contributed by atoms with E-state index in [1.165, 1.54) is 0 Å². The zero-order valence-corrected chi connectivity index (χ0v) is 20.2. The Kier molecular flexibility index (Phi) is 7.19. The number of piperidine rings is 1. The van der Waals surface area contributed by atoms with Gasteiger partial charge in [0.2, 0.25) is 0 Å². The van der Waals surface area contributed by atoms with Gasteiger partial charge in [-0.25, -0.2) is 0 Å². The summed E-state index contributed by atoms with van der Waals surface area (Å²) in [4.78, 5) is 19.7. The minimum Gasteiger partial charge on any atom is -0.395 e. The van der Waals surface area contributed by atoms with E-state index in [0.717, 1.165) is 46.5 Å². The van der Waals surface area contributed by atoms with Crippen molar-refractivity contribution in [3.05, 3.63) is 64.1 Å². The fourth-order valence-corrected chi connectivity index (χ4v) is 5.77. The molecule has 33 heavy (non-hydrogen) atoms. The summed E-state index contributed by atoms with van der Waals surface area (Å²) in [7, 11) is 0. The molecule has 0 atom stereocenters. The molecule has 1 aromatic carbocycles. The summed E-state index contributed by atoms with van der Waals surface area (Å²) >= 11 is 8.14. The smallest absolute Gasteiger partial charge is 0.253 e. The van der Waals surface area contributed by atoms with Crippen molar-refractivity contribution in [1.82, 2.24) is 4.90 Å². The zero-order chi connectivity index (χ0) is 23.6. The number of benzene rings is 1. The number of amides is 1. The van der Waals surface area contributed by atoms with Crippen LogP contribution in [0, 0.1) is 5.41 Å². The van der Waals surface area contributed by atoms with Crippen LogP contribution in [0.15, 0.2) is 53.0 Å². The largest absolute Gasteiger partial charge is 0.395 e. The Hall–Kier alpha value is -2.25. The van der Waals surface area contributed by atoms with Crippen LogP contribution >= 0.6 is 22.9 Å². The quantitative estimate of drug-likeness (QED) is 0.406. The molecule has 0 radical (unpaired) electrons. The number of aliphatic hydroxyl groups excluding tert-OH is 2. The van der Waals surface area contributed by atoms with Crippen LogP contribution in [0.1, 0.15) is 48.0 Å². The SMILES string of the molecule is C=N/C(=C\C(=C)c1csc(-c2ccc(C(=O)N3CCC(O)CC3)cc2Cl)c1)C1(CO)CCC1. The third-order valence-electron chi connectivity index (χ3n) is 6.84. The summed E-state index contributed by atoms with van der Waals surface area (Å²) in [6.45, 7) is 9.09. The molecule has 174 valence electrons. The number of hydrogen-bond donors (Lipinski definition) is 2. The molecule has 4 rings (SSSR count). The fraction of sp³-hybridized carbons (Fsp3) is 0.385. The van der Waals surface area contributed by atoms with E-state index in [0.29, 0.717) is 36.5 Å². The Morgan fingerprint density at radius 3 is 2.58 bits per heavy atom. The van der Waals surface area contributed by atoms with E-state index >= 15 is 0 Å². The van der Waals surface area contributed by atoms with E-state index in [1.54, 1.807) is 22.3 Å². The highest BCUT2D eigenvalue weighted by Gasteiger charge is 2.40. The second-order valence-corrected chi connectivity index (χ2v) is 10.2. The maximum absolute atomic E-state index is 12.8. The second kappa shape index (κ2) is 9.94. The molecule has 0 spiro atoms. The predicted molar refractivity (Wildman–Crippen MR) is 136 cm³/mol. The number of carbonyl (C=O) groups excluding carboxylic acids is 1. The van der Waals surface area contributed by atoms with Crippen molar-refractivity contribution in [3.8, 4) is 10.4 Å². The van der Waals surface area contributed by atoms with Crippen LogP contribution < -0.4 is 0 Å². The van der Waals surface area contributed by atoms with Gasteiger partial charge in [0.1, 0.15) is 0 Å². The number of aliphatic hydroxyl groups is 2. The van der Waals surface area contributed by atoms with Crippen molar-refractivity contribution in [1.29, 1.82) is 0 Å². The first-order valence-corrected chi connectivity index (χ1v) is 12.5. The van der Waals surface area contributed by atoms with Gasteiger partial charge >= 0.3 is 0 Å². The molecule has 1 amide bonds. The lowest BCUT2D eigenvalue weighted by Gasteiger charge is -2.40. The van der Waals surface area contributed by atoms with Crippen molar-refractivity contribution in [2.24, 2.45) is 10.4 Å². The molecule has 5 nitrogen and oxygen atoms in total. The topological polar surface area (TPSA) is 73.1 Å². The third-order valence-corrected chi connectivity index (χ3v) is 8.12. The Morgan fingerprint density at radius 2 is 2.00 bits per heavy atom. The number of likely N-dealkylation sites (tertiary alicyclic amines) is 1. The van der Waals surface area contributed by atoms with Gasteiger partial charge < -0.3 is 15.1 Å². The van der Waals surface area contributed by atoms with Crippen LogP contribution in [-0.2, 0) is 0 Å². The molecule has 1 aromatic heterocycles. The van der Waals surface area contributed by atoms with Gasteiger partial charge in [-0.2, -0.15) is 0 Å². The second-order valence-electron chi connectivity index (χ2n) is 8.92. The average Bonchev–Trinajstić information content (AvgIpc) is 3.28. The highest BCUT2D eigenvalue weighted by molar-refractivity contribution is 7.13. The monoisotopic (exact) mass is 484 g/mol. The molecule has 2 heterocycles. The fourth-order valence-electron chi connectivity index (χ4n) is 4.46. The highest BCUT2D eigenvalue weighted by atomic mass is 35.5. The number of carbonyl (C=O) groups is 1. The number of halogens is 1. The standard InChI is InChI=1S/C26H29ClN2O3S/c1-17(12-24(28-2)26(16-30)8-3-9-26)19-14-23(33-15-19)21-5-4-18(13-22(21)27)25(32)29-10-6-20(31)7-11-29/h4-5,12-15,20,30-31H,1-3,6-11,16H2/b24-12-. The lowest BCUT2D eigenvalue weighted by atomic mass is 9.67. The summed E-state index contributed by atoms with van der Waals surface area (Å²) in [6, 6.07) is 7.45. The molecule has 2 aliphatic rings. The van der Waals surface area contributed by atoms with Crippen LogP contribution in [0.25, 0.3) is 16.0 Å². The molecule has 2 N–H and O–H groups in total. The molecule has 7 heteroatoms. The molecule has 0 bridgehead atoms. The maximum atomic E-state index is 12.8. The Bertz CT molecular complexity index is 1090. The lowest BCUT2D eigenvalue weighted by molar-refractivity contribution is 0.0546. The molecule has 1 saturated carbocycles. The lowest BCUT2D eigenvalue weighted by Crippen LogP contribution is -2.40. The predicted octanol–water partition coefficient (Wildman–Crippen LogP) is 5.43. The highest BCUT2D eigenvalue weighted by Crippen LogP contribution is 2.47. The van der Waals surface area contributed by atoms with Crippen molar-refractivity contribution in [2.75, 3.05) is 19.7 Å². The minimum absolute atomic E-state index is 0.0565. The minimum atomic E-state index is -0.320. The molecule has 1 saturated heterocycles. The van der Waals surface area contributed by atoms with Crippen LogP contribution in [0.4, 0.5) is 0 Å². The summed E-state index contributed by atoms with van der Waals surface area (Å²) in [5.41, 5.74) is 3.70. The summed E-state index contributed by atoms with van der Waals surface area (Å²) in [5, 5.41) is 22.1. The number of allylic oxidation sites excluding steroid dienone is 2. The Labute approximate surface area is 203 Å². The van der Waals surface area contributed by atoms with Gasteiger partial charge in [0, 0.05) is 40.2 Å². The van der Waals surface area contributed by atoms with Gasteiger partial charge in [0.05, 0.1) is 17.7 Å². The first kappa shape index (κ1) is 23.9. The van der Waals surface area contributed by atoms with Crippen LogP contribution in [0.2, 0.25) is 5.02 Å². The van der Waals surface area contributed by atoms with Gasteiger partial charge in [0.25, 0.3) is 5.91 Å². The van der Waals surface area contributed by atoms with Gasteiger partial charge in [0.15, 0.2) is 0 Å². The van der Waals surface area contributed by atoms with Crippen molar-refractivity contribution in [2.45, 2.75) is 38.2 Å². The van der Waals surface area contributed by atoms with E-state index in [1.807, 2.05) is 29.7 Å². The number of thiophene rings is 1. The molecule has 0 unspecified atom stereocenters. The Balaban J connectivity index is 1.51. The first-order chi connectivity index (χ1) is 15.9. The van der Waals surface area contributed by atoms with Crippen molar-refractivity contribution >= 4 is 41.1 Å². The molecular formula is C26H29ClN2O3S. The van der Waals surface area contributed by atoms with Crippen LogP contribution in [-0.4, -0.2) is 53.5 Å². The van der Waals surface area contributed by atoms with E-state index in [2.05, 4.69) is 18.3 Å². The van der Waals surface area contributed by atoms with Crippen molar-refractivity contribution < 1.29 is 15.0 Å². The van der Waals surface area contributed by atoms with E-state index in [-0.39, 0.29) is 24.0 Å². The molecular weight excluding hydrogens is 456 g/mol. The van der Waals surface area contributed by atoms with Gasteiger partial charge in [-0.1, -0.05) is 30.7 Å². The molecule has 2 fully saturated rings. The van der Waals surface area contributed by atoms with E-state index in [4.69, 9.17) is 11.6 Å². The number of aliphatic imine (C=N–C) groups is 1.